The molecule has 1 aromatic heterocycles. The maximum Gasteiger partial charge on any atom is 0.339 e. The maximum absolute atomic E-state index is 11.2. The van der Waals surface area contributed by atoms with Crippen molar-refractivity contribution in [3.8, 4) is 0 Å². The van der Waals surface area contributed by atoms with Gasteiger partial charge in [0.15, 0.2) is 0 Å². The van der Waals surface area contributed by atoms with E-state index in [1.165, 1.54) is 13.3 Å². The van der Waals surface area contributed by atoms with E-state index in [9.17, 15) is 4.79 Å². The first kappa shape index (κ1) is 12.0. The average molecular weight is 227 g/mol. The molecule has 0 saturated heterocycles. The number of esters is 1. The molecule has 0 saturated carbocycles. The highest BCUT2D eigenvalue weighted by Crippen LogP contribution is 2.12. The fourth-order valence-corrected chi connectivity index (χ4v) is 1.72. The van der Waals surface area contributed by atoms with Crippen LogP contribution in [-0.2, 0) is 10.5 Å². The SMILES string of the molecule is COC(=O)c1cncc(CSCCO)c1. The third-order valence-electron chi connectivity index (χ3n) is 1.72. The first-order valence-electron chi connectivity index (χ1n) is 4.48. The summed E-state index contributed by atoms with van der Waals surface area (Å²) >= 11 is 1.59. The Morgan fingerprint density at radius 1 is 1.60 bits per heavy atom. The lowest BCUT2D eigenvalue weighted by Gasteiger charge is -2.02. The monoisotopic (exact) mass is 227 g/mol. The Labute approximate surface area is 92.7 Å². The molecule has 1 rings (SSSR count). The number of methoxy groups -OCH3 is 1. The minimum absolute atomic E-state index is 0.161. The van der Waals surface area contributed by atoms with Crippen LogP contribution in [-0.4, -0.2) is 35.5 Å². The number of thioether (sulfide) groups is 1. The Bertz CT molecular complexity index is 330. The number of hydrogen-bond acceptors (Lipinski definition) is 5. The van der Waals surface area contributed by atoms with E-state index in [4.69, 9.17) is 5.11 Å². The topological polar surface area (TPSA) is 59.4 Å². The second-order valence-electron chi connectivity index (χ2n) is 2.85. The summed E-state index contributed by atoms with van der Waals surface area (Å²) in [6, 6.07) is 1.75. The van der Waals surface area contributed by atoms with E-state index in [1.54, 1.807) is 24.0 Å². The molecule has 82 valence electrons. The second kappa shape index (κ2) is 6.42. The van der Waals surface area contributed by atoms with Gasteiger partial charge in [0.05, 0.1) is 19.3 Å². The lowest BCUT2D eigenvalue weighted by molar-refractivity contribution is 0.0600. The molecular weight excluding hydrogens is 214 g/mol. The predicted molar refractivity (Wildman–Crippen MR) is 58.8 cm³/mol. The van der Waals surface area contributed by atoms with Crippen molar-refractivity contribution < 1.29 is 14.6 Å². The molecule has 0 atom stereocenters. The summed E-state index contributed by atoms with van der Waals surface area (Å²) in [6.45, 7) is 0.161. The van der Waals surface area contributed by atoms with Gasteiger partial charge in [-0.1, -0.05) is 0 Å². The summed E-state index contributed by atoms with van der Waals surface area (Å²) < 4.78 is 4.59. The molecule has 0 fully saturated rings. The zero-order chi connectivity index (χ0) is 11.1. The highest BCUT2D eigenvalue weighted by atomic mass is 32.2. The van der Waals surface area contributed by atoms with E-state index in [0.717, 1.165) is 11.3 Å². The number of nitrogens with zero attached hydrogens (tertiary/aromatic N) is 1. The Balaban J connectivity index is 2.62. The minimum Gasteiger partial charge on any atom is -0.465 e. The van der Waals surface area contributed by atoms with Gasteiger partial charge in [0, 0.05) is 23.9 Å². The first-order valence-corrected chi connectivity index (χ1v) is 5.64. The Hall–Kier alpha value is -1.07. The third kappa shape index (κ3) is 3.89. The molecule has 0 aliphatic rings. The van der Waals surface area contributed by atoms with Crippen LogP contribution in [0.15, 0.2) is 18.5 Å². The van der Waals surface area contributed by atoms with Gasteiger partial charge in [-0.3, -0.25) is 4.98 Å². The smallest absolute Gasteiger partial charge is 0.339 e. The van der Waals surface area contributed by atoms with Crippen LogP contribution < -0.4 is 0 Å². The van der Waals surface area contributed by atoms with Gasteiger partial charge in [0.25, 0.3) is 0 Å². The van der Waals surface area contributed by atoms with Gasteiger partial charge < -0.3 is 9.84 Å². The molecule has 0 aliphatic heterocycles. The number of aliphatic hydroxyl groups is 1. The number of hydrogen-bond donors (Lipinski definition) is 1. The number of rotatable bonds is 5. The Morgan fingerprint density at radius 2 is 2.40 bits per heavy atom. The summed E-state index contributed by atoms with van der Waals surface area (Å²) in [5, 5.41) is 8.61. The van der Waals surface area contributed by atoms with Crippen LogP contribution >= 0.6 is 11.8 Å². The standard InChI is InChI=1S/C10H13NO3S/c1-14-10(13)9-4-8(5-11-6-9)7-15-3-2-12/h4-6,12H,2-3,7H2,1H3. The number of aromatic nitrogens is 1. The highest BCUT2D eigenvalue weighted by molar-refractivity contribution is 7.98. The van der Waals surface area contributed by atoms with Gasteiger partial charge in [-0.25, -0.2) is 4.79 Å². The summed E-state index contributed by atoms with van der Waals surface area (Å²) in [4.78, 5) is 15.1. The second-order valence-corrected chi connectivity index (χ2v) is 3.95. The quantitative estimate of drug-likeness (QED) is 0.603. The predicted octanol–water partition coefficient (Wildman–Crippen LogP) is 1.09. The molecule has 5 heteroatoms. The Morgan fingerprint density at radius 3 is 3.07 bits per heavy atom. The molecule has 0 unspecified atom stereocenters. The fourth-order valence-electron chi connectivity index (χ4n) is 1.05. The van der Waals surface area contributed by atoms with Crippen molar-refractivity contribution in [2.45, 2.75) is 5.75 Å². The van der Waals surface area contributed by atoms with Crippen molar-refractivity contribution in [3.63, 3.8) is 0 Å². The summed E-state index contributed by atoms with van der Waals surface area (Å²) in [5.41, 5.74) is 1.41. The van der Waals surface area contributed by atoms with E-state index in [0.29, 0.717) is 11.3 Å². The third-order valence-corrected chi connectivity index (χ3v) is 2.73. The highest BCUT2D eigenvalue weighted by Gasteiger charge is 2.06. The zero-order valence-electron chi connectivity index (χ0n) is 8.47. The van der Waals surface area contributed by atoms with Crippen LogP contribution in [0, 0.1) is 0 Å². The number of aliphatic hydroxyl groups excluding tert-OH is 1. The summed E-state index contributed by atoms with van der Waals surface area (Å²) in [7, 11) is 1.34. The number of pyridine rings is 1. The van der Waals surface area contributed by atoms with Gasteiger partial charge in [-0.2, -0.15) is 11.8 Å². The summed E-state index contributed by atoms with van der Waals surface area (Å²) in [5.74, 6) is 1.04. The van der Waals surface area contributed by atoms with Crippen LogP contribution in [0.3, 0.4) is 0 Å². The average Bonchev–Trinajstić information content (AvgIpc) is 2.29. The van der Waals surface area contributed by atoms with Crippen molar-refractivity contribution >= 4 is 17.7 Å². The van der Waals surface area contributed by atoms with Gasteiger partial charge in [-0.05, 0) is 11.6 Å². The van der Waals surface area contributed by atoms with Crippen molar-refractivity contribution in [1.82, 2.24) is 4.98 Å². The molecule has 1 N–H and O–H groups in total. The van der Waals surface area contributed by atoms with E-state index >= 15 is 0 Å². The molecule has 0 aromatic carbocycles. The van der Waals surface area contributed by atoms with Gasteiger partial charge in [0.2, 0.25) is 0 Å². The first-order chi connectivity index (χ1) is 7.27. The van der Waals surface area contributed by atoms with E-state index < -0.39 is 0 Å². The van der Waals surface area contributed by atoms with Gasteiger partial charge >= 0.3 is 5.97 Å². The van der Waals surface area contributed by atoms with Crippen molar-refractivity contribution in [2.24, 2.45) is 0 Å². The lowest BCUT2D eigenvalue weighted by atomic mass is 10.2. The van der Waals surface area contributed by atoms with E-state index in [1.807, 2.05) is 0 Å². The van der Waals surface area contributed by atoms with E-state index in [-0.39, 0.29) is 12.6 Å². The number of carbonyl (C=O) groups is 1. The Kier molecular flexibility index (Phi) is 5.14. The minimum atomic E-state index is -0.378. The largest absolute Gasteiger partial charge is 0.465 e. The van der Waals surface area contributed by atoms with Crippen molar-refractivity contribution in [3.05, 3.63) is 29.6 Å². The van der Waals surface area contributed by atoms with Gasteiger partial charge in [-0.15, -0.1) is 0 Å². The molecule has 1 aromatic rings. The summed E-state index contributed by atoms with van der Waals surface area (Å²) in [6.07, 6.45) is 3.18. The normalized spacial score (nSPS) is 10.0. The molecule has 15 heavy (non-hydrogen) atoms. The lowest BCUT2D eigenvalue weighted by Crippen LogP contribution is -2.02. The van der Waals surface area contributed by atoms with E-state index in [2.05, 4.69) is 9.72 Å². The molecule has 0 spiro atoms. The fraction of sp³-hybridized carbons (Fsp3) is 0.400. The van der Waals surface area contributed by atoms with Gasteiger partial charge in [0.1, 0.15) is 0 Å². The van der Waals surface area contributed by atoms with Crippen LogP contribution in [0.2, 0.25) is 0 Å². The number of carbonyl (C=O) groups excluding carboxylic acids is 1. The van der Waals surface area contributed by atoms with Crippen LogP contribution in [0.25, 0.3) is 0 Å². The molecule has 1 heterocycles. The molecule has 0 aliphatic carbocycles. The number of ether oxygens (including phenoxy) is 1. The van der Waals surface area contributed by atoms with Crippen LogP contribution in [0.4, 0.5) is 0 Å². The van der Waals surface area contributed by atoms with Crippen LogP contribution in [0.1, 0.15) is 15.9 Å². The van der Waals surface area contributed by atoms with Crippen molar-refractivity contribution in [2.75, 3.05) is 19.5 Å². The molecule has 0 bridgehead atoms. The van der Waals surface area contributed by atoms with Crippen LogP contribution in [0.5, 0.6) is 0 Å². The zero-order valence-corrected chi connectivity index (χ0v) is 9.29. The molecule has 4 nitrogen and oxygen atoms in total. The molecule has 0 amide bonds. The molecular formula is C10H13NO3S. The maximum atomic E-state index is 11.2. The van der Waals surface area contributed by atoms with Crippen molar-refractivity contribution in [1.29, 1.82) is 0 Å². The molecule has 0 radical (unpaired) electrons.